The summed E-state index contributed by atoms with van der Waals surface area (Å²) in [5.41, 5.74) is 1.22. The van der Waals surface area contributed by atoms with Crippen molar-refractivity contribution in [2.24, 2.45) is 0 Å². The van der Waals surface area contributed by atoms with Gasteiger partial charge in [-0.1, -0.05) is 11.2 Å². The van der Waals surface area contributed by atoms with Gasteiger partial charge >= 0.3 is 0 Å². The van der Waals surface area contributed by atoms with Crippen molar-refractivity contribution in [3.05, 3.63) is 35.5 Å². The summed E-state index contributed by atoms with van der Waals surface area (Å²) in [6.07, 6.45) is 3.37. The minimum Gasteiger partial charge on any atom is -0.490 e. The summed E-state index contributed by atoms with van der Waals surface area (Å²) in [6.45, 7) is 6.18. The molecule has 0 spiro atoms. The van der Waals surface area contributed by atoms with Gasteiger partial charge in [-0.25, -0.2) is 0 Å². The number of aromatic nitrogens is 2. The Hall–Kier alpha value is -2.08. The molecule has 0 unspecified atom stereocenters. The molecule has 0 N–H and O–H groups in total. The lowest BCUT2D eigenvalue weighted by Gasteiger charge is -2.28. The summed E-state index contributed by atoms with van der Waals surface area (Å²) in [5, 5.41) is 3.90. The molecule has 2 aromatic rings. The maximum atomic E-state index is 5.83. The first-order valence-electron chi connectivity index (χ1n) is 8.65. The van der Waals surface area contributed by atoms with Crippen LogP contribution in [0.25, 0.3) is 0 Å². The molecule has 128 valence electrons. The molecule has 4 rings (SSSR count). The summed E-state index contributed by atoms with van der Waals surface area (Å²) < 4.78 is 16.9. The van der Waals surface area contributed by atoms with Crippen molar-refractivity contribution >= 4 is 0 Å². The third kappa shape index (κ3) is 3.24. The van der Waals surface area contributed by atoms with Crippen molar-refractivity contribution in [2.45, 2.75) is 51.7 Å². The molecular weight excluding hydrogens is 306 g/mol. The Kier molecular flexibility index (Phi) is 4.14. The fourth-order valence-corrected chi connectivity index (χ4v) is 3.18. The number of hydrogen-bond acceptors (Lipinski definition) is 6. The first-order valence-corrected chi connectivity index (χ1v) is 8.65. The summed E-state index contributed by atoms with van der Waals surface area (Å²) in [7, 11) is 0. The van der Waals surface area contributed by atoms with Crippen LogP contribution in [0.3, 0.4) is 0 Å². The minimum absolute atomic E-state index is 0.252. The van der Waals surface area contributed by atoms with Crippen molar-refractivity contribution in [3.63, 3.8) is 0 Å². The van der Waals surface area contributed by atoms with Gasteiger partial charge in [-0.05, 0) is 44.4 Å². The summed E-state index contributed by atoms with van der Waals surface area (Å²) in [4.78, 5) is 6.79. The van der Waals surface area contributed by atoms with E-state index in [0.717, 1.165) is 17.9 Å². The maximum Gasteiger partial charge on any atom is 0.240 e. The van der Waals surface area contributed by atoms with E-state index in [1.165, 1.54) is 18.4 Å². The van der Waals surface area contributed by atoms with Gasteiger partial charge in [0.05, 0.1) is 19.8 Å². The number of fused-ring (bicyclic) bond motifs is 1. The number of aryl methyl sites for hydroxylation is 1. The van der Waals surface area contributed by atoms with Gasteiger partial charge in [0.15, 0.2) is 17.3 Å². The Morgan fingerprint density at radius 1 is 1.21 bits per heavy atom. The van der Waals surface area contributed by atoms with Gasteiger partial charge in [-0.3, -0.25) is 4.90 Å². The fourth-order valence-electron chi connectivity index (χ4n) is 3.18. The fraction of sp³-hybridized carbons (Fsp3) is 0.556. The molecule has 6 heteroatoms. The van der Waals surface area contributed by atoms with Crippen LogP contribution in [0.1, 0.15) is 49.5 Å². The van der Waals surface area contributed by atoms with E-state index in [0.29, 0.717) is 37.5 Å². The molecule has 1 aromatic carbocycles. The van der Waals surface area contributed by atoms with E-state index in [4.69, 9.17) is 14.0 Å². The Labute approximate surface area is 141 Å². The number of benzene rings is 1. The van der Waals surface area contributed by atoms with Crippen LogP contribution < -0.4 is 9.47 Å². The topological polar surface area (TPSA) is 60.6 Å². The van der Waals surface area contributed by atoms with E-state index in [1.54, 1.807) is 0 Å². The Bertz CT molecular complexity index is 711. The molecule has 0 radical (unpaired) electrons. The van der Waals surface area contributed by atoms with Crippen molar-refractivity contribution in [1.29, 1.82) is 0 Å². The van der Waals surface area contributed by atoms with Gasteiger partial charge in [-0.2, -0.15) is 4.98 Å². The van der Waals surface area contributed by atoms with Crippen LogP contribution in [0.5, 0.6) is 11.5 Å². The maximum absolute atomic E-state index is 5.83. The van der Waals surface area contributed by atoms with Gasteiger partial charge in [0.2, 0.25) is 5.89 Å². The zero-order valence-corrected chi connectivity index (χ0v) is 14.2. The normalized spacial score (nSPS) is 18.5. The third-order valence-electron chi connectivity index (χ3n) is 4.65. The molecule has 6 nitrogen and oxygen atoms in total. The van der Waals surface area contributed by atoms with Crippen LogP contribution in [0, 0.1) is 6.92 Å². The summed E-state index contributed by atoms with van der Waals surface area (Å²) >= 11 is 0. The van der Waals surface area contributed by atoms with Crippen LogP contribution >= 0.6 is 0 Å². The highest BCUT2D eigenvalue weighted by molar-refractivity contribution is 5.44. The van der Waals surface area contributed by atoms with Crippen molar-refractivity contribution in [3.8, 4) is 11.5 Å². The number of hydrogen-bond donors (Lipinski definition) is 0. The average Bonchev–Trinajstić information content (AvgIpc) is 3.37. The Balaban J connectivity index is 1.56. The van der Waals surface area contributed by atoms with E-state index in [2.05, 4.69) is 34.1 Å². The van der Waals surface area contributed by atoms with Gasteiger partial charge in [-0.15, -0.1) is 0 Å². The molecule has 0 bridgehead atoms. The highest BCUT2D eigenvalue weighted by Gasteiger charge is 2.34. The third-order valence-corrected chi connectivity index (χ3v) is 4.65. The molecule has 2 aliphatic rings. The van der Waals surface area contributed by atoms with Crippen LogP contribution in [-0.2, 0) is 6.54 Å². The molecule has 1 atom stereocenters. The predicted molar refractivity (Wildman–Crippen MR) is 88.1 cm³/mol. The predicted octanol–water partition coefficient (Wildman–Crippen LogP) is 3.26. The molecule has 1 aliphatic carbocycles. The Morgan fingerprint density at radius 3 is 2.71 bits per heavy atom. The minimum atomic E-state index is 0.252. The lowest BCUT2D eigenvalue weighted by atomic mass is 10.1. The van der Waals surface area contributed by atoms with E-state index in [1.807, 2.05) is 13.0 Å². The van der Waals surface area contributed by atoms with E-state index in [-0.39, 0.29) is 6.04 Å². The number of nitrogens with zero attached hydrogens (tertiary/aromatic N) is 3. The highest BCUT2D eigenvalue weighted by Crippen LogP contribution is 2.38. The lowest BCUT2D eigenvalue weighted by Crippen LogP contribution is -2.29. The first kappa shape index (κ1) is 15.4. The molecule has 1 fully saturated rings. The van der Waals surface area contributed by atoms with Crippen molar-refractivity contribution < 1.29 is 14.0 Å². The largest absolute Gasteiger partial charge is 0.490 e. The highest BCUT2D eigenvalue weighted by atomic mass is 16.5. The molecule has 24 heavy (non-hydrogen) atoms. The SMILES string of the molecule is Cc1noc(CN(C2CC2)[C@H](C)c2ccc3c(c2)OCCCO3)n1. The van der Waals surface area contributed by atoms with Crippen LogP contribution in [0.2, 0.25) is 0 Å². The molecule has 0 saturated heterocycles. The van der Waals surface area contributed by atoms with Gasteiger partial charge < -0.3 is 14.0 Å². The lowest BCUT2D eigenvalue weighted by molar-refractivity contribution is 0.165. The molecule has 1 aromatic heterocycles. The number of ether oxygens (including phenoxy) is 2. The van der Waals surface area contributed by atoms with E-state index in [9.17, 15) is 0 Å². The Morgan fingerprint density at radius 2 is 2.00 bits per heavy atom. The molecule has 2 heterocycles. The van der Waals surface area contributed by atoms with Crippen molar-refractivity contribution in [2.75, 3.05) is 13.2 Å². The first-order chi connectivity index (χ1) is 11.7. The van der Waals surface area contributed by atoms with Gasteiger partial charge in [0.1, 0.15) is 0 Å². The second-order valence-electron chi connectivity index (χ2n) is 6.57. The zero-order valence-electron chi connectivity index (χ0n) is 14.2. The smallest absolute Gasteiger partial charge is 0.240 e. The summed E-state index contributed by atoms with van der Waals surface area (Å²) in [5.74, 6) is 3.06. The second kappa shape index (κ2) is 6.43. The average molecular weight is 329 g/mol. The molecular formula is C18H23N3O3. The molecule has 1 aliphatic heterocycles. The van der Waals surface area contributed by atoms with Crippen LogP contribution in [-0.4, -0.2) is 34.3 Å². The monoisotopic (exact) mass is 329 g/mol. The second-order valence-corrected chi connectivity index (χ2v) is 6.57. The van der Waals surface area contributed by atoms with E-state index >= 15 is 0 Å². The van der Waals surface area contributed by atoms with Crippen LogP contribution in [0.15, 0.2) is 22.7 Å². The number of rotatable bonds is 5. The molecule has 0 amide bonds. The van der Waals surface area contributed by atoms with E-state index < -0.39 is 0 Å². The quantitative estimate of drug-likeness (QED) is 0.839. The summed E-state index contributed by atoms with van der Waals surface area (Å²) in [6, 6.07) is 7.10. The standard InChI is InChI=1S/C18H23N3O3/c1-12(14-4-7-16-17(10-14)23-9-3-8-22-16)21(15-5-6-15)11-18-19-13(2)20-24-18/h4,7,10,12,15H,3,5-6,8-9,11H2,1-2H3/t12-/m1/s1. The van der Waals surface area contributed by atoms with Crippen molar-refractivity contribution in [1.82, 2.24) is 15.0 Å². The van der Waals surface area contributed by atoms with Gasteiger partial charge in [0.25, 0.3) is 0 Å². The zero-order chi connectivity index (χ0) is 16.5. The molecule has 1 saturated carbocycles. The van der Waals surface area contributed by atoms with Gasteiger partial charge in [0, 0.05) is 18.5 Å². The van der Waals surface area contributed by atoms with Crippen LogP contribution in [0.4, 0.5) is 0 Å².